The van der Waals surface area contributed by atoms with Crippen LogP contribution in [-0.2, 0) is 16.1 Å². The summed E-state index contributed by atoms with van der Waals surface area (Å²) < 4.78 is 15.0. The molecule has 1 heterocycles. The number of amides is 2. The summed E-state index contributed by atoms with van der Waals surface area (Å²) in [7, 11) is 0. The Bertz CT molecular complexity index is 1010. The highest BCUT2D eigenvalue weighted by atomic mass is 19.1. The van der Waals surface area contributed by atoms with Crippen LogP contribution in [0.15, 0.2) is 54.6 Å². The molecule has 3 aromatic rings. The van der Waals surface area contributed by atoms with Crippen LogP contribution in [0.3, 0.4) is 0 Å². The molecular weight excluding hydrogens is 373 g/mol. The van der Waals surface area contributed by atoms with Gasteiger partial charge in [-0.15, -0.1) is 5.10 Å². The highest BCUT2D eigenvalue weighted by Crippen LogP contribution is 2.21. The van der Waals surface area contributed by atoms with Crippen molar-refractivity contribution in [1.82, 2.24) is 20.1 Å². The molecule has 2 N–H and O–H groups in total. The second-order valence-corrected chi connectivity index (χ2v) is 7.17. The summed E-state index contributed by atoms with van der Waals surface area (Å²) in [5.41, 5.74) is 0.529. The average molecular weight is 395 g/mol. The first-order chi connectivity index (χ1) is 13.7. The number of nitrogens with one attached hydrogen (secondary N) is 2. The van der Waals surface area contributed by atoms with Crippen molar-refractivity contribution in [2.45, 2.75) is 32.9 Å². The van der Waals surface area contributed by atoms with Crippen LogP contribution in [0.5, 0.6) is 0 Å². The Kier molecular flexibility index (Phi) is 5.72. The minimum atomic E-state index is -1.13. The molecule has 0 unspecified atom stereocenters. The third-order valence-electron chi connectivity index (χ3n) is 4.23. The first kappa shape index (κ1) is 20.2. The Labute approximate surface area is 168 Å². The standard InChI is InChI=1S/C21H22FN5O2/c1-14(28)25-21(2,3)19(29)24-20-23-18(16-9-11-17(22)12-10-16)27(26-20)13-15-7-5-4-6-8-15/h4-12H,13H2,1-3H3,(H,25,28)(H,24,26,29). The summed E-state index contributed by atoms with van der Waals surface area (Å²) in [4.78, 5) is 28.3. The second-order valence-electron chi connectivity index (χ2n) is 7.17. The van der Waals surface area contributed by atoms with Crippen molar-refractivity contribution in [3.63, 3.8) is 0 Å². The number of halogens is 1. The number of hydrogen-bond donors (Lipinski definition) is 2. The molecule has 3 rings (SSSR count). The zero-order valence-electron chi connectivity index (χ0n) is 16.4. The largest absolute Gasteiger partial charge is 0.342 e. The lowest BCUT2D eigenvalue weighted by Gasteiger charge is -2.23. The molecule has 0 atom stereocenters. The molecule has 0 spiro atoms. The van der Waals surface area contributed by atoms with E-state index < -0.39 is 11.4 Å². The van der Waals surface area contributed by atoms with Gasteiger partial charge in [-0.25, -0.2) is 9.07 Å². The molecule has 150 valence electrons. The molecule has 29 heavy (non-hydrogen) atoms. The van der Waals surface area contributed by atoms with Gasteiger partial charge < -0.3 is 5.32 Å². The molecule has 0 fully saturated rings. The highest BCUT2D eigenvalue weighted by molar-refractivity contribution is 5.98. The Morgan fingerprint density at radius 1 is 1.07 bits per heavy atom. The summed E-state index contributed by atoms with van der Waals surface area (Å²) in [5.74, 6) is -0.534. The van der Waals surface area contributed by atoms with Crippen molar-refractivity contribution >= 4 is 17.8 Å². The summed E-state index contributed by atoms with van der Waals surface area (Å²) >= 11 is 0. The predicted molar refractivity (Wildman–Crippen MR) is 107 cm³/mol. The first-order valence-corrected chi connectivity index (χ1v) is 9.09. The van der Waals surface area contributed by atoms with E-state index in [0.29, 0.717) is 17.9 Å². The van der Waals surface area contributed by atoms with E-state index in [1.807, 2.05) is 30.3 Å². The van der Waals surface area contributed by atoms with Crippen LogP contribution in [0, 0.1) is 5.82 Å². The number of nitrogens with zero attached hydrogens (tertiary/aromatic N) is 3. The van der Waals surface area contributed by atoms with Crippen LogP contribution < -0.4 is 10.6 Å². The van der Waals surface area contributed by atoms with Crippen molar-refractivity contribution in [3.8, 4) is 11.4 Å². The summed E-state index contributed by atoms with van der Waals surface area (Å²) in [6.07, 6.45) is 0. The fraction of sp³-hybridized carbons (Fsp3) is 0.238. The van der Waals surface area contributed by atoms with Gasteiger partial charge >= 0.3 is 0 Å². The van der Waals surface area contributed by atoms with Crippen LogP contribution in [-0.4, -0.2) is 32.1 Å². The normalized spacial score (nSPS) is 11.2. The van der Waals surface area contributed by atoms with Gasteiger partial charge in [-0.3, -0.25) is 14.9 Å². The van der Waals surface area contributed by atoms with E-state index in [1.165, 1.54) is 19.1 Å². The zero-order valence-corrected chi connectivity index (χ0v) is 16.4. The smallest absolute Gasteiger partial charge is 0.251 e. The fourth-order valence-corrected chi connectivity index (χ4v) is 2.83. The predicted octanol–water partition coefficient (Wildman–Crippen LogP) is 2.99. The van der Waals surface area contributed by atoms with Gasteiger partial charge in [0.05, 0.1) is 6.54 Å². The number of carbonyl (C=O) groups is 2. The third kappa shape index (κ3) is 5.04. The second kappa shape index (κ2) is 8.22. The molecule has 0 aliphatic heterocycles. The Balaban J connectivity index is 1.92. The van der Waals surface area contributed by atoms with Crippen molar-refractivity contribution < 1.29 is 14.0 Å². The fourth-order valence-electron chi connectivity index (χ4n) is 2.83. The number of hydrogen-bond acceptors (Lipinski definition) is 4. The lowest BCUT2D eigenvalue weighted by Crippen LogP contribution is -2.51. The topological polar surface area (TPSA) is 88.9 Å². The molecule has 7 nitrogen and oxygen atoms in total. The Morgan fingerprint density at radius 2 is 1.72 bits per heavy atom. The SMILES string of the molecule is CC(=O)NC(C)(C)C(=O)Nc1nc(-c2ccc(F)cc2)n(Cc2ccccc2)n1. The zero-order chi connectivity index (χ0) is 21.0. The number of aromatic nitrogens is 3. The van der Waals surface area contributed by atoms with E-state index in [-0.39, 0.29) is 17.7 Å². The quantitative estimate of drug-likeness (QED) is 0.672. The molecule has 8 heteroatoms. The maximum absolute atomic E-state index is 13.3. The van der Waals surface area contributed by atoms with Crippen molar-refractivity contribution in [3.05, 3.63) is 66.0 Å². The van der Waals surface area contributed by atoms with Crippen LogP contribution in [0.25, 0.3) is 11.4 Å². The number of carbonyl (C=O) groups excluding carboxylic acids is 2. The molecule has 0 radical (unpaired) electrons. The Morgan fingerprint density at radius 3 is 2.34 bits per heavy atom. The van der Waals surface area contributed by atoms with Gasteiger partial charge in [0.25, 0.3) is 5.91 Å². The number of benzene rings is 2. The number of rotatable bonds is 6. The molecule has 2 aromatic carbocycles. The first-order valence-electron chi connectivity index (χ1n) is 9.09. The van der Waals surface area contributed by atoms with Gasteiger partial charge in [0.2, 0.25) is 11.9 Å². The maximum Gasteiger partial charge on any atom is 0.251 e. The molecular formula is C21H22FN5O2. The van der Waals surface area contributed by atoms with Gasteiger partial charge in [0.15, 0.2) is 5.82 Å². The molecule has 0 saturated carbocycles. The molecule has 1 aromatic heterocycles. The monoisotopic (exact) mass is 395 g/mol. The maximum atomic E-state index is 13.3. The molecule has 2 amide bonds. The highest BCUT2D eigenvalue weighted by Gasteiger charge is 2.29. The van der Waals surface area contributed by atoms with Crippen LogP contribution >= 0.6 is 0 Å². The lowest BCUT2D eigenvalue weighted by molar-refractivity contribution is -0.128. The van der Waals surface area contributed by atoms with Crippen molar-refractivity contribution in [1.29, 1.82) is 0 Å². The van der Waals surface area contributed by atoms with Crippen LogP contribution in [0.2, 0.25) is 0 Å². The average Bonchev–Trinajstić information content (AvgIpc) is 3.04. The van der Waals surface area contributed by atoms with Crippen LogP contribution in [0.4, 0.5) is 10.3 Å². The van der Waals surface area contributed by atoms with Gasteiger partial charge in [0.1, 0.15) is 11.4 Å². The van der Waals surface area contributed by atoms with Crippen molar-refractivity contribution in [2.24, 2.45) is 0 Å². The van der Waals surface area contributed by atoms with E-state index in [2.05, 4.69) is 20.7 Å². The summed E-state index contributed by atoms with van der Waals surface area (Å²) in [5, 5.41) is 9.63. The van der Waals surface area contributed by atoms with E-state index >= 15 is 0 Å². The number of anilines is 1. The van der Waals surface area contributed by atoms with Gasteiger partial charge in [-0.2, -0.15) is 4.98 Å². The van der Waals surface area contributed by atoms with E-state index in [1.54, 1.807) is 30.7 Å². The van der Waals surface area contributed by atoms with Crippen LogP contribution in [0.1, 0.15) is 26.3 Å². The summed E-state index contributed by atoms with van der Waals surface area (Å²) in [6.45, 7) is 4.94. The third-order valence-corrected chi connectivity index (χ3v) is 4.23. The molecule has 0 aliphatic rings. The van der Waals surface area contributed by atoms with Gasteiger partial charge in [-0.05, 0) is 43.7 Å². The summed E-state index contributed by atoms with van der Waals surface area (Å²) in [6, 6.07) is 15.6. The minimum absolute atomic E-state index is 0.101. The van der Waals surface area contributed by atoms with Gasteiger partial charge in [-0.1, -0.05) is 30.3 Å². The molecule has 0 bridgehead atoms. The lowest BCUT2D eigenvalue weighted by atomic mass is 10.0. The van der Waals surface area contributed by atoms with E-state index in [9.17, 15) is 14.0 Å². The van der Waals surface area contributed by atoms with E-state index in [0.717, 1.165) is 5.56 Å². The Hall–Kier alpha value is -3.55. The molecule has 0 saturated heterocycles. The molecule has 0 aliphatic carbocycles. The van der Waals surface area contributed by atoms with Gasteiger partial charge in [0, 0.05) is 12.5 Å². The minimum Gasteiger partial charge on any atom is -0.342 e. The van der Waals surface area contributed by atoms with Crippen molar-refractivity contribution in [2.75, 3.05) is 5.32 Å². The van der Waals surface area contributed by atoms with E-state index in [4.69, 9.17) is 0 Å².